The molecule has 0 bridgehead atoms. The molecule has 0 fully saturated rings. The van der Waals surface area contributed by atoms with Crippen molar-refractivity contribution in [3.05, 3.63) is 77.9 Å². The molecule has 3 rings (SSSR count). The summed E-state index contributed by atoms with van der Waals surface area (Å²) in [5.74, 6) is -0.246. The van der Waals surface area contributed by atoms with Crippen LogP contribution in [0.3, 0.4) is 0 Å². The van der Waals surface area contributed by atoms with Gasteiger partial charge in [0.1, 0.15) is 11.5 Å². The van der Waals surface area contributed by atoms with Gasteiger partial charge in [-0.15, -0.1) is 0 Å². The van der Waals surface area contributed by atoms with Crippen molar-refractivity contribution in [2.45, 2.75) is 6.92 Å². The van der Waals surface area contributed by atoms with Crippen molar-refractivity contribution >= 4 is 28.2 Å². The number of nitrogens with zero attached hydrogens (tertiary/aromatic N) is 1. The smallest absolute Gasteiger partial charge is 0.365 e. The molecule has 0 saturated heterocycles. The van der Waals surface area contributed by atoms with Crippen LogP contribution in [-0.4, -0.2) is 24.6 Å². The van der Waals surface area contributed by atoms with Gasteiger partial charge >= 0.3 is 5.97 Å². The van der Waals surface area contributed by atoms with Crippen LogP contribution >= 0.6 is 0 Å². The van der Waals surface area contributed by atoms with Gasteiger partial charge in [0.15, 0.2) is 0 Å². The van der Waals surface area contributed by atoms with Crippen LogP contribution in [0.15, 0.2) is 71.9 Å². The van der Waals surface area contributed by atoms with E-state index in [0.717, 1.165) is 10.8 Å². The van der Waals surface area contributed by atoms with E-state index in [2.05, 4.69) is 5.16 Å². The van der Waals surface area contributed by atoms with Crippen LogP contribution in [0, 0.1) is 0 Å². The number of ether oxygens (including phenoxy) is 1. The highest BCUT2D eigenvalue weighted by Gasteiger charge is 2.16. The summed E-state index contributed by atoms with van der Waals surface area (Å²) in [6.45, 7) is 1.51. The van der Waals surface area contributed by atoms with E-state index in [-0.39, 0.29) is 11.5 Å². The van der Waals surface area contributed by atoms with E-state index in [9.17, 15) is 9.59 Å². The Morgan fingerprint density at radius 2 is 1.50 bits per heavy atom. The topological polar surface area (TPSA) is 65.0 Å². The van der Waals surface area contributed by atoms with Crippen LogP contribution < -0.4 is 4.74 Å². The minimum atomic E-state index is -0.614. The Kier molecular flexibility index (Phi) is 5.08. The quantitative estimate of drug-likeness (QED) is 0.299. The highest BCUT2D eigenvalue weighted by Crippen LogP contribution is 2.28. The first-order valence-corrected chi connectivity index (χ1v) is 8.03. The molecule has 3 aromatic rings. The zero-order valence-electron chi connectivity index (χ0n) is 14.4. The summed E-state index contributed by atoms with van der Waals surface area (Å²) >= 11 is 0. The van der Waals surface area contributed by atoms with Crippen molar-refractivity contribution in [1.82, 2.24) is 0 Å². The third-order valence-corrected chi connectivity index (χ3v) is 3.95. The summed E-state index contributed by atoms with van der Waals surface area (Å²) in [5.41, 5.74) is 0.925. The minimum Gasteiger partial charge on any atom is -0.496 e. The number of carbonyl (C=O) groups excluding carboxylic acids is 2. The maximum absolute atomic E-state index is 12.7. The second kappa shape index (κ2) is 7.61. The predicted octanol–water partition coefficient (Wildman–Crippen LogP) is 4.26. The molecule has 3 aromatic carbocycles. The number of hydrogen-bond acceptors (Lipinski definition) is 5. The van der Waals surface area contributed by atoms with Gasteiger partial charge in [-0.05, 0) is 36.6 Å². The fraction of sp³-hybridized carbons (Fsp3) is 0.0952. The molecule has 5 heteroatoms. The van der Waals surface area contributed by atoms with Crippen LogP contribution in [0.2, 0.25) is 0 Å². The fourth-order valence-electron chi connectivity index (χ4n) is 2.62. The average Bonchev–Trinajstić information content (AvgIpc) is 2.71. The SMILES string of the molecule is COc1ccc(C(=O)C(C)=NOC(=O)c2ccccc2)c2ccccc12. The first-order valence-electron chi connectivity index (χ1n) is 8.03. The molecule has 0 N–H and O–H groups in total. The number of oxime groups is 1. The van der Waals surface area contributed by atoms with Gasteiger partial charge < -0.3 is 9.57 Å². The zero-order valence-corrected chi connectivity index (χ0v) is 14.4. The summed E-state index contributed by atoms with van der Waals surface area (Å²) in [6, 6.07) is 19.3. The normalized spacial score (nSPS) is 11.2. The summed E-state index contributed by atoms with van der Waals surface area (Å²) in [6.07, 6.45) is 0. The monoisotopic (exact) mass is 347 g/mol. The van der Waals surface area contributed by atoms with Gasteiger partial charge in [0, 0.05) is 10.9 Å². The molecule has 0 aliphatic rings. The fourth-order valence-corrected chi connectivity index (χ4v) is 2.62. The number of rotatable bonds is 5. The van der Waals surface area contributed by atoms with Crippen LogP contribution in [0.4, 0.5) is 0 Å². The van der Waals surface area contributed by atoms with Gasteiger partial charge in [-0.2, -0.15) is 0 Å². The highest BCUT2D eigenvalue weighted by molar-refractivity contribution is 6.47. The lowest BCUT2D eigenvalue weighted by atomic mass is 9.99. The first kappa shape index (κ1) is 17.4. The number of hydrogen-bond donors (Lipinski definition) is 0. The van der Waals surface area contributed by atoms with Crippen molar-refractivity contribution in [3.63, 3.8) is 0 Å². The molecule has 0 heterocycles. The Bertz CT molecular complexity index is 993. The maximum Gasteiger partial charge on any atom is 0.365 e. The number of fused-ring (bicyclic) bond motifs is 1. The van der Waals surface area contributed by atoms with E-state index in [0.29, 0.717) is 16.9 Å². The van der Waals surface area contributed by atoms with Crippen molar-refractivity contribution in [1.29, 1.82) is 0 Å². The molecule has 0 radical (unpaired) electrons. The van der Waals surface area contributed by atoms with E-state index in [1.807, 2.05) is 24.3 Å². The Labute approximate surface area is 150 Å². The van der Waals surface area contributed by atoms with E-state index < -0.39 is 5.97 Å². The predicted molar refractivity (Wildman–Crippen MR) is 99.8 cm³/mol. The number of carbonyl (C=O) groups is 2. The maximum atomic E-state index is 12.7. The molecule has 0 amide bonds. The molecule has 130 valence electrons. The van der Waals surface area contributed by atoms with Crippen LogP contribution in [-0.2, 0) is 4.84 Å². The van der Waals surface area contributed by atoms with Crippen LogP contribution in [0.25, 0.3) is 10.8 Å². The third kappa shape index (κ3) is 3.47. The summed E-state index contributed by atoms with van der Waals surface area (Å²) in [5, 5.41) is 5.29. The lowest BCUT2D eigenvalue weighted by molar-refractivity contribution is 0.0515. The number of methoxy groups -OCH3 is 1. The van der Waals surface area contributed by atoms with Gasteiger partial charge in [-0.1, -0.05) is 47.6 Å². The molecule has 0 aliphatic heterocycles. The Morgan fingerprint density at radius 3 is 2.19 bits per heavy atom. The van der Waals surface area contributed by atoms with Crippen LogP contribution in [0.5, 0.6) is 5.75 Å². The molecule has 0 spiro atoms. The molecule has 0 aromatic heterocycles. The lowest BCUT2D eigenvalue weighted by Gasteiger charge is -2.09. The van der Waals surface area contributed by atoms with E-state index >= 15 is 0 Å². The number of Topliss-reactive ketones (excluding diaryl/α,β-unsaturated/α-hetero) is 1. The molecule has 26 heavy (non-hydrogen) atoms. The van der Waals surface area contributed by atoms with Gasteiger partial charge in [0.2, 0.25) is 5.78 Å². The molecule has 5 nitrogen and oxygen atoms in total. The van der Waals surface area contributed by atoms with Crippen molar-refractivity contribution in [2.24, 2.45) is 5.16 Å². The molecule has 0 atom stereocenters. The van der Waals surface area contributed by atoms with Gasteiger partial charge in [0.05, 0.1) is 12.7 Å². The summed E-state index contributed by atoms with van der Waals surface area (Å²) in [4.78, 5) is 29.6. The van der Waals surface area contributed by atoms with Gasteiger partial charge in [-0.3, -0.25) is 4.79 Å². The Hall–Kier alpha value is -3.47. The Morgan fingerprint density at radius 1 is 0.846 bits per heavy atom. The molecular weight excluding hydrogens is 330 g/mol. The van der Waals surface area contributed by atoms with E-state index in [1.165, 1.54) is 6.92 Å². The third-order valence-electron chi connectivity index (χ3n) is 3.95. The van der Waals surface area contributed by atoms with Gasteiger partial charge in [-0.25, -0.2) is 4.79 Å². The molecule has 0 aliphatic carbocycles. The first-order chi connectivity index (χ1) is 12.6. The minimum absolute atomic E-state index is 0.0876. The van der Waals surface area contributed by atoms with E-state index in [4.69, 9.17) is 9.57 Å². The Balaban J connectivity index is 1.87. The van der Waals surface area contributed by atoms with Gasteiger partial charge in [0.25, 0.3) is 0 Å². The summed E-state index contributed by atoms with van der Waals surface area (Å²) < 4.78 is 5.34. The number of ketones is 1. The number of benzene rings is 3. The van der Waals surface area contributed by atoms with E-state index in [1.54, 1.807) is 49.6 Å². The zero-order chi connectivity index (χ0) is 18.5. The molecule has 0 unspecified atom stereocenters. The highest BCUT2D eigenvalue weighted by atomic mass is 16.7. The second-order valence-electron chi connectivity index (χ2n) is 5.61. The molecular formula is C21H17NO4. The van der Waals surface area contributed by atoms with Crippen molar-refractivity contribution in [2.75, 3.05) is 7.11 Å². The average molecular weight is 347 g/mol. The second-order valence-corrected chi connectivity index (χ2v) is 5.61. The standard InChI is InChI=1S/C21H17NO4/c1-14(22-26-21(24)15-8-4-3-5-9-15)20(23)18-12-13-19(25-2)17-11-7-6-10-16(17)18/h3-13H,1-2H3. The van der Waals surface area contributed by atoms with Crippen LogP contribution in [0.1, 0.15) is 27.6 Å². The largest absolute Gasteiger partial charge is 0.496 e. The summed E-state index contributed by atoms with van der Waals surface area (Å²) in [7, 11) is 1.58. The molecule has 0 saturated carbocycles. The van der Waals surface area contributed by atoms with Crippen molar-refractivity contribution < 1.29 is 19.2 Å². The van der Waals surface area contributed by atoms with Crippen molar-refractivity contribution in [3.8, 4) is 5.75 Å². The lowest BCUT2D eigenvalue weighted by Crippen LogP contribution is -2.13.